The predicted octanol–water partition coefficient (Wildman–Crippen LogP) is 6.70. The molecular formula is C28H32N2O4. The molecule has 0 atom stereocenters. The van der Waals surface area contributed by atoms with Crippen LogP contribution in [-0.2, 0) is 20.3 Å². The van der Waals surface area contributed by atoms with Gasteiger partial charge in [0.25, 0.3) is 0 Å². The van der Waals surface area contributed by atoms with Crippen molar-refractivity contribution >= 4 is 23.6 Å². The van der Waals surface area contributed by atoms with Crippen molar-refractivity contribution in [2.75, 3.05) is 24.9 Å². The van der Waals surface area contributed by atoms with Crippen molar-refractivity contribution in [3.63, 3.8) is 0 Å². The van der Waals surface area contributed by atoms with Crippen LogP contribution in [0.4, 0.5) is 21.0 Å². The van der Waals surface area contributed by atoms with Gasteiger partial charge in [0, 0.05) is 22.2 Å². The molecular weight excluding hydrogens is 428 g/mol. The fraction of sp³-hybridized carbons (Fsp3) is 0.286. The van der Waals surface area contributed by atoms with E-state index in [1.807, 2.05) is 48.5 Å². The fourth-order valence-corrected chi connectivity index (χ4v) is 3.92. The summed E-state index contributed by atoms with van der Waals surface area (Å²) in [4.78, 5) is 22.8. The van der Waals surface area contributed by atoms with Crippen molar-refractivity contribution in [3.05, 3.63) is 95.1 Å². The molecule has 0 radical (unpaired) electrons. The molecule has 0 spiro atoms. The van der Waals surface area contributed by atoms with E-state index in [1.54, 1.807) is 0 Å². The van der Waals surface area contributed by atoms with Crippen LogP contribution >= 0.6 is 0 Å². The Morgan fingerprint density at radius 1 is 0.529 bits per heavy atom. The predicted molar refractivity (Wildman–Crippen MR) is 136 cm³/mol. The summed E-state index contributed by atoms with van der Waals surface area (Å²) < 4.78 is 9.29. The fourth-order valence-electron chi connectivity index (χ4n) is 3.92. The Labute approximate surface area is 201 Å². The Kier molecular flexibility index (Phi) is 7.30. The largest absolute Gasteiger partial charge is 0.453 e. The number of hydrogen-bond acceptors (Lipinski definition) is 4. The van der Waals surface area contributed by atoms with Crippen LogP contribution in [0.1, 0.15) is 49.9 Å². The zero-order valence-corrected chi connectivity index (χ0v) is 20.6. The SMILES string of the molecule is COC(=O)Nc1ccc(C(C)(C)c2ccc(C(C)(C)c3ccc(NC(=O)OC)cc3)cc2)cc1. The molecule has 0 aliphatic heterocycles. The van der Waals surface area contributed by atoms with Crippen molar-refractivity contribution in [2.24, 2.45) is 0 Å². The first-order valence-corrected chi connectivity index (χ1v) is 11.1. The van der Waals surface area contributed by atoms with E-state index in [2.05, 4.69) is 72.1 Å². The van der Waals surface area contributed by atoms with E-state index in [1.165, 1.54) is 25.3 Å². The van der Waals surface area contributed by atoms with Gasteiger partial charge in [0.05, 0.1) is 14.2 Å². The van der Waals surface area contributed by atoms with Gasteiger partial charge >= 0.3 is 12.2 Å². The third-order valence-corrected chi connectivity index (χ3v) is 6.41. The minimum Gasteiger partial charge on any atom is -0.453 e. The minimum atomic E-state index is -0.486. The second kappa shape index (κ2) is 10.00. The standard InChI is InChI=1S/C28H32N2O4/c1-27(2,21-11-15-23(16-12-21)29-25(31)33-5)19-7-9-20(10-8-19)28(3,4)22-13-17-24(18-14-22)30-26(32)34-6/h7-18H,1-6H3,(H,29,31)(H,30,32). The molecule has 6 nitrogen and oxygen atoms in total. The lowest BCUT2D eigenvalue weighted by atomic mass is 9.74. The number of carbonyl (C=O) groups is 2. The van der Waals surface area contributed by atoms with Crippen LogP contribution in [0.2, 0.25) is 0 Å². The molecule has 3 rings (SSSR count). The molecule has 0 fully saturated rings. The van der Waals surface area contributed by atoms with Gasteiger partial charge in [0.15, 0.2) is 0 Å². The first-order valence-electron chi connectivity index (χ1n) is 11.1. The Bertz CT molecular complexity index is 1040. The van der Waals surface area contributed by atoms with E-state index >= 15 is 0 Å². The molecule has 0 heterocycles. The van der Waals surface area contributed by atoms with Gasteiger partial charge in [-0.2, -0.15) is 0 Å². The highest BCUT2D eigenvalue weighted by Crippen LogP contribution is 2.36. The second-order valence-electron chi connectivity index (χ2n) is 9.22. The number of anilines is 2. The summed E-state index contributed by atoms with van der Waals surface area (Å²) in [7, 11) is 2.68. The summed E-state index contributed by atoms with van der Waals surface area (Å²) in [6.07, 6.45) is -0.973. The van der Waals surface area contributed by atoms with Gasteiger partial charge in [-0.3, -0.25) is 10.6 Å². The monoisotopic (exact) mass is 460 g/mol. The molecule has 178 valence electrons. The summed E-state index contributed by atoms with van der Waals surface area (Å²) in [6, 6.07) is 24.3. The smallest absolute Gasteiger partial charge is 0.411 e. The van der Waals surface area contributed by atoms with Crippen molar-refractivity contribution in [1.29, 1.82) is 0 Å². The highest BCUT2D eigenvalue weighted by Gasteiger charge is 2.26. The Balaban J connectivity index is 1.79. The van der Waals surface area contributed by atoms with E-state index < -0.39 is 12.2 Å². The molecule has 0 saturated heterocycles. The molecule has 3 aromatic rings. The number of ether oxygens (including phenoxy) is 2. The first kappa shape index (κ1) is 24.8. The van der Waals surface area contributed by atoms with Gasteiger partial charge in [-0.05, 0) is 46.5 Å². The van der Waals surface area contributed by atoms with E-state index in [4.69, 9.17) is 0 Å². The molecule has 0 aliphatic carbocycles. The average Bonchev–Trinajstić information content (AvgIpc) is 2.84. The quantitative estimate of drug-likeness (QED) is 0.429. The first-order chi connectivity index (χ1) is 16.1. The Morgan fingerprint density at radius 2 is 0.765 bits per heavy atom. The highest BCUT2D eigenvalue weighted by atomic mass is 16.5. The third-order valence-electron chi connectivity index (χ3n) is 6.41. The minimum absolute atomic E-state index is 0.215. The zero-order valence-electron chi connectivity index (χ0n) is 20.6. The third kappa shape index (κ3) is 5.39. The number of benzene rings is 3. The number of hydrogen-bond donors (Lipinski definition) is 2. The molecule has 0 bridgehead atoms. The highest BCUT2D eigenvalue weighted by molar-refractivity contribution is 5.85. The molecule has 0 aliphatic rings. The molecule has 34 heavy (non-hydrogen) atoms. The van der Waals surface area contributed by atoms with E-state index in [0.717, 1.165) is 11.1 Å². The molecule has 0 saturated carbocycles. The average molecular weight is 461 g/mol. The van der Waals surface area contributed by atoms with Gasteiger partial charge in [-0.25, -0.2) is 9.59 Å². The van der Waals surface area contributed by atoms with Crippen molar-refractivity contribution in [1.82, 2.24) is 0 Å². The normalized spacial score (nSPS) is 11.5. The van der Waals surface area contributed by atoms with Crippen LogP contribution in [0, 0.1) is 0 Å². The van der Waals surface area contributed by atoms with Gasteiger partial charge in [-0.1, -0.05) is 76.2 Å². The number of rotatable bonds is 6. The lowest BCUT2D eigenvalue weighted by Gasteiger charge is -2.29. The Hall–Kier alpha value is -3.80. The van der Waals surface area contributed by atoms with E-state index in [-0.39, 0.29) is 10.8 Å². The molecule has 2 amide bonds. The Morgan fingerprint density at radius 3 is 1.00 bits per heavy atom. The summed E-state index contributed by atoms with van der Waals surface area (Å²) in [5, 5.41) is 5.35. The summed E-state index contributed by atoms with van der Waals surface area (Å²) in [5.41, 5.74) is 5.62. The summed E-state index contributed by atoms with van der Waals surface area (Å²) in [6.45, 7) is 8.73. The van der Waals surface area contributed by atoms with Gasteiger partial charge < -0.3 is 9.47 Å². The maximum absolute atomic E-state index is 11.4. The van der Waals surface area contributed by atoms with Crippen LogP contribution in [0.5, 0.6) is 0 Å². The molecule has 6 heteroatoms. The lowest BCUT2D eigenvalue weighted by molar-refractivity contribution is 0.186. The molecule has 0 aromatic heterocycles. The van der Waals surface area contributed by atoms with E-state index in [0.29, 0.717) is 11.4 Å². The van der Waals surface area contributed by atoms with Gasteiger partial charge in [-0.15, -0.1) is 0 Å². The summed E-state index contributed by atoms with van der Waals surface area (Å²) in [5.74, 6) is 0. The lowest BCUT2D eigenvalue weighted by Crippen LogP contribution is -2.21. The zero-order chi connectivity index (χ0) is 24.9. The molecule has 0 unspecified atom stereocenters. The van der Waals surface area contributed by atoms with Crippen molar-refractivity contribution in [3.8, 4) is 0 Å². The second-order valence-corrected chi connectivity index (χ2v) is 9.22. The maximum atomic E-state index is 11.4. The number of amides is 2. The van der Waals surface area contributed by atoms with Crippen LogP contribution in [0.15, 0.2) is 72.8 Å². The van der Waals surface area contributed by atoms with Crippen LogP contribution in [0.25, 0.3) is 0 Å². The number of nitrogens with one attached hydrogen (secondary N) is 2. The van der Waals surface area contributed by atoms with Gasteiger partial charge in [0.1, 0.15) is 0 Å². The molecule has 3 aromatic carbocycles. The van der Waals surface area contributed by atoms with Crippen LogP contribution < -0.4 is 10.6 Å². The molecule has 2 N–H and O–H groups in total. The van der Waals surface area contributed by atoms with E-state index in [9.17, 15) is 9.59 Å². The van der Waals surface area contributed by atoms with Crippen molar-refractivity contribution < 1.29 is 19.1 Å². The van der Waals surface area contributed by atoms with Gasteiger partial charge in [0.2, 0.25) is 0 Å². The van der Waals surface area contributed by atoms with Crippen LogP contribution in [-0.4, -0.2) is 26.4 Å². The summed E-state index contributed by atoms with van der Waals surface area (Å²) >= 11 is 0. The number of carbonyl (C=O) groups excluding carboxylic acids is 2. The van der Waals surface area contributed by atoms with Crippen LogP contribution in [0.3, 0.4) is 0 Å². The van der Waals surface area contributed by atoms with Crippen molar-refractivity contribution in [2.45, 2.75) is 38.5 Å². The maximum Gasteiger partial charge on any atom is 0.411 e. The number of methoxy groups -OCH3 is 2. The topological polar surface area (TPSA) is 76.7 Å².